The van der Waals surface area contributed by atoms with Crippen LogP contribution in [0.25, 0.3) is 0 Å². The lowest BCUT2D eigenvalue weighted by Gasteiger charge is -2.12. The van der Waals surface area contributed by atoms with Crippen LogP contribution in [0.1, 0.15) is 30.3 Å². The average Bonchev–Trinajstić information content (AvgIpc) is 2.92. The molecule has 1 aliphatic rings. The molecule has 4 heteroatoms. The normalized spacial score (nSPS) is 17.5. The number of nitrogens with two attached hydrogens (primary N) is 1. The molecule has 3 N–H and O–H groups in total. The standard InChI is InChI=1S/C11H17N3O/c1-7(8-3-4-8)13-11(15)10-5-9(12)6-14(10)2/h5-8H,3-4,12H2,1-2H3,(H,13,15). The lowest BCUT2D eigenvalue weighted by atomic mass is 10.2. The SMILES string of the molecule is CC(NC(=O)c1cc(N)cn1C)C1CC1. The highest BCUT2D eigenvalue weighted by Crippen LogP contribution is 2.32. The van der Waals surface area contributed by atoms with E-state index in [9.17, 15) is 4.79 Å². The molecular weight excluding hydrogens is 190 g/mol. The molecule has 0 bridgehead atoms. The summed E-state index contributed by atoms with van der Waals surface area (Å²) >= 11 is 0. The van der Waals surface area contributed by atoms with Crippen LogP contribution in [0.15, 0.2) is 12.3 Å². The van der Waals surface area contributed by atoms with Crippen molar-refractivity contribution in [3.05, 3.63) is 18.0 Å². The van der Waals surface area contributed by atoms with Gasteiger partial charge in [-0.1, -0.05) is 0 Å². The van der Waals surface area contributed by atoms with Crippen molar-refractivity contribution in [2.24, 2.45) is 13.0 Å². The van der Waals surface area contributed by atoms with Gasteiger partial charge in [0.2, 0.25) is 0 Å². The molecule has 2 rings (SSSR count). The van der Waals surface area contributed by atoms with Crippen molar-refractivity contribution in [3.8, 4) is 0 Å². The first-order valence-electron chi connectivity index (χ1n) is 5.30. The van der Waals surface area contributed by atoms with Crippen molar-refractivity contribution in [3.63, 3.8) is 0 Å². The number of aromatic nitrogens is 1. The summed E-state index contributed by atoms with van der Waals surface area (Å²) in [5.41, 5.74) is 6.87. The van der Waals surface area contributed by atoms with Crippen LogP contribution in [0.2, 0.25) is 0 Å². The number of amides is 1. The third-order valence-corrected chi connectivity index (χ3v) is 2.95. The highest BCUT2D eigenvalue weighted by Gasteiger charge is 2.29. The van der Waals surface area contributed by atoms with Gasteiger partial charge in [-0.2, -0.15) is 0 Å². The van der Waals surface area contributed by atoms with Crippen LogP contribution in [0.3, 0.4) is 0 Å². The highest BCUT2D eigenvalue weighted by molar-refractivity contribution is 5.94. The van der Waals surface area contributed by atoms with Crippen LogP contribution < -0.4 is 11.1 Å². The van der Waals surface area contributed by atoms with Gasteiger partial charge in [0.15, 0.2) is 0 Å². The molecule has 1 aromatic heterocycles. The van der Waals surface area contributed by atoms with Crippen LogP contribution >= 0.6 is 0 Å². The van der Waals surface area contributed by atoms with Gasteiger partial charge in [-0.05, 0) is 31.7 Å². The van der Waals surface area contributed by atoms with Gasteiger partial charge in [0.05, 0.1) is 5.69 Å². The number of hydrogen-bond acceptors (Lipinski definition) is 2. The molecule has 0 aromatic carbocycles. The minimum atomic E-state index is -0.0337. The first kappa shape index (κ1) is 10.1. The van der Waals surface area contributed by atoms with Crippen molar-refractivity contribution < 1.29 is 4.79 Å². The van der Waals surface area contributed by atoms with Gasteiger partial charge in [-0.15, -0.1) is 0 Å². The largest absolute Gasteiger partial charge is 0.397 e. The molecular formula is C11H17N3O. The Balaban J connectivity index is 2.03. The van der Waals surface area contributed by atoms with Gasteiger partial charge in [-0.3, -0.25) is 4.79 Å². The molecule has 1 fully saturated rings. The van der Waals surface area contributed by atoms with Gasteiger partial charge in [-0.25, -0.2) is 0 Å². The maximum atomic E-state index is 11.8. The second kappa shape index (κ2) is 3.61. The number of carbonyl (C=O) groups is 1. The zero-order valence-electron chi connectivity index (χ0n) is 9.16. The number of nitrogens with one attached hydrogen (secondary N) is 1. The number of nitrogen functional groups attached to an aromatic ring is 1. The number of aryl methyl sites for hydroxylation is 1. The Labute approximate surface area is 89.5 Å². The summed E-state index contributed by atoms with van der Waals surface area (Å²) in [6, 6.07) is 1.98. The lowest BCUT2D eigenvalue weighted by Crippen LogP contribution is -2.34. The van der Waals surface area contributed by atoms with E-state index in [1.165, 1.54) is 12.8 Å². The van der Waals surface area contributed by atoms with Crippen LogP contribution in [-0.2, 0) is 7.05 Å². The molecule has 0 radical (unpaired) electrons. The Morgan fingerprint density at radius 1 is 1.67 bits per heavy atom. The van der Waals surface area contributed by atoms with Gasteiger partial charge >= 0.3 is 0 Å². The number of rotatable bonds is 3. The van der Waals surface area contributed by atoms with E-state index in [0.717, 1.165) is 0 Å². The monoisotopic (exact) mass is 207 g/mol. The minimum absolute atomic E-state index is 0.0337. The highest BCUT2D eigenvalue weighted by atomic mass is 16.2. The van der Waals surface area contributed by atoms with Gasteiger partial charge in [0, 0.05) is 19.3 Å². The van der Waals surface area contributed by atoms with Crippen LogP contribution in [0.5, 0.6) is 0 Å². The molecule has 0 spiro atoms. The molecule has 1 unspecified atom stereocenters. The van der Waals surface area contributed by atoms with Gasteiger partial charge in [0.25, 0.3) is 5.91 Å². The molecule has 1 atom stereocenters. The molecule has 4 nitrogen and oxygen atoms in total. The zero-order chi connectivity index (χ0) is 11.0. The average molecular weight is 207 g/mol. The second-order valence-corrected chi connectivity index (χ2v) is 4.37. The molecule has 1 heterocycles. The predicted octanol–water partition coefficient (Wildman–Crippen LogP) is 1.14. The van der Waals surface area contributed by atoms with E-state index in [1.54, 1.807) is 16.8 Å². The minimum Gasteiger partial charge on any atom is -0.397 e. The summed E-state index contributed by atoms with van der Waals surface area (Å²) < 4.78 is 1.75. The Morgan fingerprint density at radius 3 is 2.80 bits per heavy atom. The Hall–Kier alpha value is -1.45. The van der Waals surface area contributed by atoms with Crippen molar-refractivity contribution in [1.29, 1.82) is 0 Å². The quantitative estimate of drug-likeness (QED) is 0.780. The van der Waals surface area contributed by atoms with Crippen LogP contribution in [0, 0.1) is 5.92 Å². The van der Waals surface area contributed by atoms with E-state index >= 15 is 0 Å². The topological polar surface area (TPSA) is 60.1 Å². The molecule has 1 saturated carbocycles. The second-order valence-electron chi connectivity index (χ2n) is 4.37. The fourth-order valence-corrected chi connectivity index (χ4v) is 1.81. The van der Waals surface area contributed by atoms with E-state index in [4.69, 9.17) is 5.73 Å². The first-order valence-corrected chi connectivity index (χ1v) is 5.30. The molecule has 82 valence electrons. The van der Waals surface area contributed by atoms with E-state index in [1.807, 2.05) is 7.05 Å². The molecule has 15 heavy (non-hydrogen) atoms. The first-order chi connectivity index (χ1) is 7.08. The number of anilines is 1. The smallest absolute Gasteiger partial charge is 0.268 e. The molecule has 1 amide bonds. The summed E-state index contributed by atoms with van der Waals surface area (Å²) in [4.78, 5) is 11.8. The van der Waals surface area contributed by atoms with Crippen molar-refractivity contribution in [2.45, 2.75) is 25.8 Å². The van der Waals surface area contributed by atoms with Crippen LogP contribution in [-0.4, -0.2) is 16.5 Å². The van der Waals surface area contributed by atoms with E-state index in [0.29, 0.717) is 17.3 Å². The van der Waals surface area contributed by atoms with Gasteiger partial charge in [0.1, 0.15) is 5.69 Å². The number of carbonyl (C=O) groups excluding carboxylic acids is 1. The summed E-state index contributed by atoms with van der Waals surface area (Å²) in [7, 11) is 1.83. The summed E-state index contributed by atoms with van der Waals surface area (Å²) in [5, 5.41) is 3.00. The molecule has 1 aromatic rings. The van der Waals surface area contributed by atoms with Crippen molar-refractivity contribution in [1.82, 2.24) is 9.88 Å². The lowest BCUT2D eigenvalue weighted by molar-refractivity contribution is 0.0927. The third-order valence-electron chi connectivity index (χ3n) is 2.95. The fraction of sp³-hybridized carbons (Fsp3) is 0.545. The maximum Gasteiger partial charge on any atom is 0.268 e. The Bertz CT molecular complexity index is 379. The van der Waals surface area contributed by atoms with Crippen LogP contribution in [0.4, 0.5) is 5.69 Å². The predicted molar refractivity (Wildman–Crippen MR) is 59.5 cm³/mol. The fourth-order valence-electron chi connectivity index (χ4n) is 1.81. The van der Waals surface area contributed by atoms with Crippen molar-refractivity contribution in [2.75, 3.05) is 5.73 Å². The zero-order valence-corrected chi connectivity index (χ0v) is 9.16. The van der Waals surface area contributed by atoms with Crippen molar-refractivity contribution >= 4 is 11.6 Å². The molecule has 1 aliphatic carbocycles. The molecule has 0 aliphatic heterocycles. The number of hydrogen-bond donors (Lipinski definition) is 2. The van der Waals surface area contributed by atoms with E-state index < -0.39 is 0 Å². The third kappa shape index (κ3) is 2.14. The maximum absolute atomic E-state index is 11.8. The summed E-state index contributed by atoms with van der Waals surface area (Å²) in [5.74, 6) is 0.639. The summed E-state index contributed by atoms with van der Waals surface area (Å²) in [6.45, 7) is 2.06. The van der Waals surface area contributed by atoms with E-state index in [2.05, 4.69) is 12.2 Å². The molecule has 0 saturated heterocycles. The van der Waals surface area contributed by atoms with Gasteiger partial charge < -0.3 is 15.6 Å². The Kier molecular flexibility index (Phi) is 2.42. The summed E-state index contributed by atoms with van der Waals surface area (Å²) in [6.07, 6.45) is 4.21. The Morgan fingerprint density at radius 2 is 2.33 bits per heavy atom. The van der Waals surface area contributed by atoms with E-state index in [-0.39, 0.29) is 11.9 Å². The number of nitrogens with zero attached hydrogens (tertiary/aromatic N) is 1.